The van der Waals surface area contributed by atoms with Crippen LogP contribution in [0.2, 0.25) is 0 Å². The van der Waals surface area contributed by atoms with Crippen molar-refractivity contribution >= 4 is 43.6 Å². The molecule has 11 aromatic rings. The van der Waals surface area contributed by atoms with Gasteiger partial charge in [0, 0.05) is 32.9 Å². The number of aromatic nitrogens is 2. The van der Waals surface area contributed by atoms with Crippen LogP contribution in [0.1, 0.15) is 5.56 Å². The van der Waals surface area contributed by atoms with Gasteiger partial charge in [-0.3, -0.25) is 0 Å². The molecule has 0 atom stereocenters. The highest BCUT2D eigenvalue weighted by atomic mass is 15.0. The molecule has 0 fully saturated rings. The quantitative estimate of drug-likeness (QED) is 0.167. The average molecular weight is 738 g/mol. The maximum absolute atomic E-state index is 9.40. The Morgan fingerprint density at radius 2 is 0.638 bits per heavy atom. The minimum absolute atomic E-state index is 0.664. The predicted molar refractivity (Wildman–Crippen MR) is 242 cm³/mol. The molecule has 2 aromatic heterocycles. The Morgan fingerprint density at radius 1 is 0.276 bits per heavy atom. The van der Waals surface area contributed by atoms with Crippen molar-refractivity contribution in [2.24, 2.45) is 0 Å². The van der Waals surface area contributed by atoms with Crippen LogP contribution in [-0.4, -0.2) is 9.13 Å². The number of nitriles is 1. The third-order valence-electron chi connectivity index (χ3n) is 11.6. The van der Waals surface area contributed by atoms with Crippen molar-refractivity contribution in [2.45, 2.75) is 0 Å². The molecule has 0 aliphatic carbocycles. The molecule has 9 aromatic carbocycles. The van der Waals surface area contributed by atoms with E-state index in [0.29, 0.717) is 5.56 Å². The second-order valence-corrected chi connectivity index (χ2v) is 14.9. The molecular weight excluding hydrogens is 703 g/mol. The summed E-state index contributed by atoms with van der Waals surface area (Å²) in [5.74, 6) is 0. The maximum Gasteiger partial charge on any atom is 0.0991 e. The monoisotopic (exact) mass is 737 g/mol. The van der Waals surface area contributed by atoms with E-state index in [1.165, 1.54) is 77.0 Å². The summed E-state index contributed by atoms with van der Waals surface area (Å²) >= 11 is 0. The summed E-state index contributed by atoms with van der Waals surface area (Å²) in [6.07, 6.45) is 0. The molecule has 270 valence electrons. The molecule has 0 unspecified atom stereocenters. The van der Waals surface area contributed by atoms with Crippen LogP contribution in [0.5, 0.6) is 0 Å². The lowest BCUT2D eigenvalue weighted by molar-refractivity contribution is 1.18. The molecule has 0 amide bonds. The molecule has 3 nitrogen and oxygen atoms in total. The Hall–Kier alpha value is -7.93. The lowest BCUT2D eigenvalue weighted by atomic mass is 9.98. The van der Waals surface area contributed by atoms with Gasteiger partial charge in [-0.05, 0) is 117 Å². The van der Waals surface area contributed by atoms with Crippen LogP contribution >= 0.6 is 0 Å². The largest absolute Gasteiger partial charge is 0.309 e. The Balaban J connectivity index is 0.925. The van der Waals surface area contributed by atoms with Crippen LogP contribution in [0.4, 0.5) is 0 Å². The first-order valence-corrected chi connectivity index (χ1v) is 19.6. The van der Waals surface area contributed by atoms with Gasteiger partial charge in [-0.1, -0.05) is 140 Å². The van der Waals surface area contributed by atoms with E-state index in [2.05, 4.69) is 209 Å². The number of benzene rings is 9. The van der Waals surface area contributed by atoms with E-state index in [9.17, 15) is 5.26 Å². The summed E-state index contributed by atoms with van der Waals surface area (Å²) in [6, 6.07) is 78.1. The van der Waals surface area contributed by atoms with Crippen molar-refractivity contribution in [3.05, 3.63) is 218 Å². The lowest BCUT2D eigenvalue weighted by Crippen LogP contribution is -1.94. The van der Waals surface area contributed by atoms with Gasteiger partial charge in [-0.25, -0.2) is 0 Å². The highest BCUT2D eigenvalue weighted by molar-refractivity contribution is 6.11. The molecular formula is C55H35N3. The van der Waals surface area contributed by atoms with Gasteiger partial charge in [0.15, 0.2) is 0 Å². The standard InChI is InChI=1S/C55H35N3/c56-36-37-9-8-12-43(33-37)42-23-29-47(30-24-42)58-53-16-7-5-14-49(53)51-35-45(26-32-55(51)58)41-19-17-40(18-20-41)44-25-31-54-50(34-44)48-13-4-6-15-52(48)57(54)46-27-21-39(22-28-46)38-10-2-1-3-11-38/h1-35H. The second-order valence-electron chi connectivity index (χ2n) is 14.9. The summed E-state index contributed by atoms with van der Waals surface area (Å²) in [4.78, 5) is 0. The zero-order valence-electron chi connectivity index (χ0n) is 31.5. The topological polar surface area (TPSA) is 33.6 Å². The molecule has 0 N–H and O–H groups in total. The Bertz CT molecular complexity index is 3360. The fourth-order valence-electron chi connectivity index (χ4n) is 8.72. The van der Waals surface area contributed by atoms with Gasteiger partial charge in [-0.2, -0.15) is 5.26 Å². The molecule has 3 heteroatoms. The van der Waals surface area contributed by atoms with Crippen molar-refractivity contribution in [3.63, 3.8) is 0 Å². The number of para-hydroxylation sites is 2. The zero-order valence-corrected chi connectivity index (χ0v) is 31.5. The molecule has 0 aliphatic rings. The Kier molecular flexibility index (Phi) is 7.88. The van der Waals surface area contributed by atoms with E-state index in [1.807, 2.05) is 18.2 Å². The lowest BCUT2D eigenvalue weighted by Gasteiger charge is -2.11. The fraction of sp³-hybridized carbons (Fsp3) is 0. The van der Waals surface area contributed by atoms with Gasteiger partial charge in [-0.15, -0.1) is 0 Å². The first kappa shape index (κ1) is 33.4. The molecule has 0 radical (unpaired) electrons. The number of nitrogens with zero attached hydrogens (tertiary/aromatic N) is 3. The highest BCUT2D eigenvalue weighted by Gasteiger charge is 2.16. The van der Waals surface area contributed by atoms with Crippen molar-refractivity contribution < 1.29 is 0 Å². The third-order valence-corrected chi connectivity index (χ3v) is 11.6. The summed E-state index contributed by atoms with van der Waals surface area (Å²) in [7, 11) is 0. The smallest absolute Gasteiger partial charge is 0.0991 e. The molecule has 0 aliphatic heterocycles. The van der Waals surface area contributed by atoms with E-state index in [1.54, 1.807) is 0 Å². The minimum Gasteiger partial charge on any atom is -0.309 e. The molecule has 0 bridgehead atoms. The normalized spacial score (nSPS) is 11.4. The predicted octanol–water partition coefficient (Wildman–Crippen LogP) is 14.4. The minimum atomic E-state index is 0.664. The molecule has 2 heterocycles. The first-order valence-electron chi connectivity index (χ1n) is 19.6. The molecule has 0 saturated heterocycles. The summed E-state index contributed by atoms with van der Waals surface area (Å²) in [6.45, 7) is 0. The molecule has 58 heavy (non-hydrogen) atoms. The van der Waals surface area contributed by atoms with E-state index < -0.39 is 0 Å². The number of rotatable bonds is 6. The Labute approximate surface area is 336 Å². The third kappa shape index (κ3) is 5.59. The van der Waals surface area contributed by atoms with Crippen molar-refractivity contribution in [1.82, 2.24) is 9.13 Å². The summed E-state index contributed by atoms with van der Waals surface area (Å²) in [5.41, 5.74) is 17.0. The summed E-state index contributed by atoms with van der Waals surface area (Å²) in [5, 5.41) is 14.3. The SMILES string of the molecule is N#Cc1cccc(-c2ccc(-n3c4ccccc4c4cc(-c5ccc(-c6ccc7c(c6)c6ccccc6n7-c6ccc(-c7ccccc7)cc6)cc5)ccc43)cc2)c1. The second kappa shape index (κ2) is 13.7. The average Bonchev–Trinajstić information content (AvgIpc) is 3.82. The van der Waals surface area contributed by atoms with Gasteiger partial charge in [0.05, 0.1) is 33.7 Å². The van der Waals surface area contributed by atoms with Gasteiger partial charge < -0.3 is 9.13 Å². The van der Waals surface area contributed by atoms with Gasteiger partial charge in [0.1, 0.15) is 0 Å². The van der Waals surface area contributed by atoms with Crippen molar-refractivity contribution in [1.29, 1.82) is 5.26 Å². The van der Waals surface area contributed by atoms with Crippen LogP contribution in [0.25, 0.3) is 99.5 Å². The van der Waals surface area contributed by atoms with Crippen molar-refractivity contribution in [2.75, 3.05) is 0 Å². The van der Waals surface area contributed by atoms with Gasteiger partial charge in [0.25, 0.3) is 0 Å². The molecule has 0 saturated carbocycles. The van der Waals surface area contributed by atoms with Gasteiger partial charge in [0.2, 0.25) is 0 Å². The number of hydrogen-bond donors (Lipinski definition) is 0. The summed E-state index contributed by atoms with van der Waals surface area (Å²) < 4.78 is 4.73. The zero-order chi connectivity index (χ0) is 38.6. The van der Waals surface area contributed by atoms with Crippen LogP contribution in [0.15, 0.2) is 212 Å². The van der Waals surface area contributed by atoms with E-state index in [4.69, 9.17) is 0 Å². The van der Waals surface area contributed by atoms with Crippen LogP contribution in [0.3, 0.4) is 0 Å². The van der Waals surface area contributed by atoms with Crippen LogP contribution in [-0.2, 0) is 0 Å². The van der Waals surface area contributed by atoms with Gasteiger partial charge >= 0.3 is 0 Å². The Morgan fingerprint density at radius 3 is 1.14 bits per heavy atom. The fourth-order valence-corrected chi connectivity index (χ4v) is 8.72. The van der Waals surface area contributed by atoms with E-state index in [0.717, 1.165) is 22.5 Å². The molecule has 0 spiro atoms. The first-order chi connectivity index (χ1) is 28.7. The van der Waals surface area contributed by atoms with E-state index >= 15 is 0 Å². The highest BCUT2D eigenvalue weighted by Crippen LogP contribution is 2.38. The number of fused-ring (bicyclic) bond motifs is 6. The maximum atomic E-state index is 9.40. The van der Waals surface area contributed by atoms with Crippen LogP contribution in [0, 0.1) is 11.3 Å². The van der Waals surface area contributed by atoms with E-state index in [-0.39, 0.29) is 0 Å². The van der Waals surface area contributed by atoms with Crippen LogP contribution < -0.4 is 0 Å². The molecule has 11 rings (SSSR count). The van der Waals surface area contributed by atoms with Crippen molar-refractivity contribution in [3.8, 4) is 62.0 Å². The number of hydrogen-bond acceptors (Lipinski definition) is 1.